The molecule has 0 spiro atoms. The fraction of sp³-hybridized carbons (Fsp3) is 0.286. The zero-order valence-electron chi connectivity index (χ0n) is 17.7. The van der Waals surface area contributed by atoms with Crippen molar-refractivity contribution in [2.24, 2.45) is 0 Å². The van der Waals surface area contributed by atoms with Crippen LogP contribution >= 0.6 is 0 Å². The van der Waals surface area contributed by atoms with Crippen molar-refractivity contribution in [1.29, 1.82) is 0 Å². The van der Waals surface area contributed by atoms with Crippen LogP contribution in [0.4, 0.5) is 11.4 Å². The molecule has 1 fully saturated rings. The quantitative estimate of drug-likeness (QED) is 0.620. The van der Waals surface area contributed by atoms with Crippen LogP contribution < -0.4 is 14.4 Å². The van der Waals surface area contributed by atoms with Gasteiger partial charge in [-0.15, -0.1) is 0 Å². The Balaban J connectivity index is 1.97. The average Bonchev–Trinajstić information content (AvgIpc) is 3.22. The number of nitrogens with one attached hydrogen (secondary N) is 1. The highest BCUT2D eigenvalue weighted by atomic mass is 32.2. The summed E-state index contributed by atoms with van der Waals surface area (Å²) in [4.78, 5) is 37.2. The molecule has 170 valence electrons. The summed E-state index contributed by atoms with van der Waals surface area (Å²) in [6.45, 7) is 0.552. The number of hydrogen-bond acceptors (Lipinski definition) is 8. The van der Waals surface area contributed by atoms with Gasteiger partial charge in [-0.3, -0.25) is 9.52 Å². The second-order valence-electron chi connectivity index (χ2n) is 6.87. The molecule has 1 aliphatic rings. The highest BCUT2D eigenvalue weighted by molar-refractivity contribution is 7.92. The molecule has 32 heavy (non-hydrogen) atoms. The minimum Gasteiger partial charge on any atom is -0.494 e. The number of esters is 2. The Morgan fingerprint density at radius 1 is 0.969 bits per heavy atom. The molecule has 0 unspecified atom stereocenters. The number of amides is 1. The van der Waals surface area contributed by atoms with Gasteiger partial charge in [0.15, 0.2) is 0 Å². The Kier molecular flexibility index (Phi) is 6.68. The topological polar surface area (TPSA) is 128 Å². The van der Waals surface area contributed by atoms with Crippen LogP contribution in [0.5, 0.6) is 5.75 Å². The molecule has 1 saturated heterocycles. The van der Waals surface area contributed by atoms with E-state index in [9.17, 15) is 22.8 Å². The van der Waals surface area contributed by atoms with E-state index in [-0.39, 0.29) is 27.6 Å². The van der Waals surface area contributed by atoms with Gasteiger partial charge in [0.1, 0.15) is 5.75 Å². The van der Waals surface area contributed by atoms with Crippen molar-refractivity contribution < 1.29 is 37.0 Å². The first-order valence-corrected chi connectivity index (χ1v) is 11.0. The van der Waals surface area contributed by atoms with Gasteiger partial charge >= 0.3 is 11.9 Å². The minimum absolute atomic E-state index is 0.0356. The molecular formula is C21H22N2O8S. The minimum atomic E-state index is -4.21. The standard InChI is InChI=1S/C21H22N2O8S/c1-29-18-12-15(6-7-17(18)23-8-4-5-19(23)24)22-32(27,28)16-10-13(20(25)30-2)9-14(11-16)21(26)31-3/h6-7,9-12,22H,4-5,8H2,1-3H3. The molecule has 0 aromatic heterocycles. The molecule has 0 aliphatic carbocycles. The number of rotatable bonds is 7. The van der Waals surface area contributed by atoms with Crippen LogP contribution in [0.3, 0.4) is 0 Å². The van der Waals surface area contributed by atoms with E-state index in [4.69, 9.17) is 4.74 Å². The summed E-state index contributed by atoms with van der Waals surface area (Å²) >= 11 is 0. The smallest absolute Gasteiger partial charge is 0.337 e. The normalized spacial score (nSPS) is 13.6. The second kappa shape index (κ2) is 9.27. The number of methoxy groups -OCH3 is 3. The molecule has 0 atom stereocenters. The fourth-order valence-electron chi connectivity index (χ4n) is 3.31. The number of hydrogen-bond donors (Lipinski definition) is 1. The Morgan fingerprint density at radius 3 is 2.09 bits per heavy atom. The molecule has 0 saturated carbocycles. The third-order valence-corrected chi connectivity index (χ3v) is 6.22. The molecule has 2 aromatic carbocycles. The third kappa shape index (κ3) is 4.67. The summed E-state index contributed by atoms with van der Waals surface area (Å²) < 4.78 is 43.0. The van der Waals surface area contributed by atoms with Crippen molar-refractivity contribution in [1.82, 2.24) is 0 Å². The SMILES string of the molecule is COC(=O)c1cc(C(=O)OC)cc(S(=O)(=O)Nc2ccc(N3CCCC3=O)c(OC)c2)c1. The Bertz CT molecular complexity index is 1140. The lowest BCUT2D eigenvalue weighted by atomic mass is 10.1. The fourth-order valence-corrected chi connectivity index (χ4v) is 4.43. The first-order valence-electron chi connectivity index (χ1n) is 9.53. The summed E-state index contributed by atoms with van der Waals surface area (Å²) in [5.74, 6) is -1.34. The maximum atomic E-state index is 13.0. The number of carbonyl (C=O) groups is 3. The van der Waals surface area contributed by atoms with E-state index in [0.717, 1.165) is 32.8 Å². The van der Waals surface area contributed by atoms with Gasteiger partial charge in [-0.2, -0.15) is 0 Å². The third-order valence-electron chi connectivity index (χ3n) is 4.86. The zero-order valence-corrected chi connectivity index (χ0v) is 18.5. The van der Waals surface area contributed by atoms with E-state index < -0.39 is 22.0 Å². The molecular weight excluding hydrogens is 440 g/mol. The molecule has 3 rings (SSSR count). The average molecular weight is 462 g/mol. The first kappa shape index (κ1) is 23.1. The summed E-state index contributed by atoms with van der Waals surface area (Å²) in [6.07, 6.45) is 1.17. The van der Waals surface area contributed by atoms with E-state index >= 15 is 0 Å². The summed E-state index contributed by atoms with van der Waals surface area (Å²) in [6, 6.07) is 7.90. The number of nitrogens with zero attached hydrogens (tertiary/aromatic N) is 1. The largest absolute Gasteiger partial charge is 0.494 e. The first-order chi connectivity index (χ1) is 15.2. The predicted octanol–water partition coefficient (Wildman–Crippen LogP) is 2.20. The van der Waals surface area contributed by atoms with Crippen molar-refractivity contribution in [3.05, 3.63) is 47.5 Å². The van der Waals surface area contributed by atoms with Crippen molar-refractivity contribution in [3.63, 3.8) is 0 Å². The Labute approximate surface area is 185 Å². The molecule has 10 nitrogen and oxygen atoms in total. The van der Waals surface area contributed by atoms with Crippen LogP contribution in [-0.2, 0) is 24.3 Å². The lowest BCUT2D eigenvalue weighted by Gasteiger charge is -2.20. The number of sulfonamides is 1. The van der Waals surface area contributed by atoms with E-state index in [1.165, 1.54) is 25.3 Å². The lowest BCUT2D eigenvalue weighted by Crippen LogP contribution is -2.24. The number of carbonyl (C=O) groups excluding carboxylic acids is 3. The van der Waals surface area contributed by atoms with Gasteiger partial charge in [-0.1, -0.05) is 0 Å². The Morgan fingerprint density at radius 2 is 1.59 bits per heavy atom. The number of anilines is 2. The van der Waals surface area contributed by atoms with Crippen molar-refractivity contribution in [2.75, 3.05) is 37.5 Å². The summed E-state index contributed by atoms with van der Waals surface area (Å²) in [7, 11) is -0.519. The lowest BCUT2D eigenvalue weighted by molar-refractivity contribution is -0.117. The van der Waals surface area contributed by atoms with Crippen LogP contribution in [0.2, 0.25) is 0 Å². The predicted molar refractivity (Wildman–Crippen MR) is 115 cm³/mol. The number of ether oxygens (including phenoxy) is 3. The van der Waals surface area contributed by atoms with Crippen LogP contribution in [-0.4, -0.2) is 54.1 Å². The van der Waals surface area contributed by atoms with Crippen LogP contribution in [0.15, 0.2) is 41.3 Å². The van der Waals surface area contributed by atoms with Gasteiger partial charge in [0.05, 0.1) is 48.7 Å². The van der Waals surface area contributed by atoms with Crippen molar-refractivity contribution in [2.45, 2.75) is 17.7 Å². The maximum Gasteiger partial charge on any atom is 0.337 e. The molecule has 0 bridgehead atoms. The van der Waals surface area contributed by atoms with Gasteiger partial charge in [0, 0.05) is 19.0 Å². The monoisotopic (exact) mass is 462 g/mol. The molecule has 2 aromatic rings. The van der Waals surface area contributed by atoms with Crippen LogP contribution in [0, 0.1) is 0 Å². The van der Waals surface area contributed by atoms with E-state index in [1.54, 1.807) is 11.0 Å². The molecule has 0 radical (unpaired) electrons. The van der Waals surface area contributed by atoms with Gasteiger partial charge in [0.2, 0.25) is 5.91 Å². The van der Waals surface area contributed by atoms with Crippen molar-refractivity contribution >= 4 is 39.2 Å². The van der Waals surface area contributed by atoms with E-state index in [0.29, 0.717) is 24.4 Å². The van der Waals surface area contributed by atoms with Crippen LogP contribution in [0.1, 0.15) is 33.6 Å². The molecule has 1 amide bonds. The highest BCUT2D eigenvalue weighted by Gasteiger charge is 2.26. The van der Waals surface area contributed by atoms with E-state index in [2.05, 4.69) is 14.2 Å². The van der Waals surface area contributed by atoms with Gasteiger partial charge in [-0.05, 0) is 36.8 Å². The van der Waals surface area contributed by atoms with Gasteiger partial charge in [0.25, 0.3) is 10.0 Å². The highest BCUT2D eigenvalue weighted by Crippen LogP contribution is 2.34. The number of benzene rings is 2. The maximum absolute atomic E-state index is 13.0. The second-order valence-corrected chi connectivity index (χ2v) is 8.55. The van der Waals surface area contributed by atoms with Crippen LogP contribution in [0.25, 0.3) is 0 Å². The summed E-state index contributed by atoms with van der Waals surface area (Å²) in [5, 5.41) is 0. The molecule has 1 N–H and O–H groups in total. The molecule has 11 heteroatoms. The van der Waals surface area contributed by atoms with Crippen molar-refractivity contribution in [3.8, 4) is 5.75 Å². The van der Waals surface area contributed by atoms with Gasteiger partial charge in [-0.25, -0.2) is 18.0 Å². The van der Waals surface area contributed by atoms with E-state index in [1.807, 2.05) is 0 Å². The summed E-state index contributed by atoms with van der Waals surface area (Å²) in [5.41, 5.74) is 0.450. The zero-order chi connectivity index (χ0) is 23.5. The molecule has 1 aliphatic heterocycles. The Hall–Kier alpha value is -3.60. The van der Waals surface area contributed by atoms with Gasteiger partial charge < -0.3 is 19.1 Å². The molecule has 1 heterocycles.